The van der Waals surface area contributed by atoms with Crippen LogP contribution in [0.25, 0.3) is 0 Å². The first-order chi connectivity index (χ1) is 14.3. The smallest absolute Gasteiger partial charge is 0.335 e. The van der Waals surface area contributed by atoms with E-state index in [0.29, 0.717) is 11.1 Å². The Bertz CT molecular complexity index is 779. The summed E-state index contributed by atoms with van der Waals surface area (Å²) in [4.78, 5) is 33.9. The van der Waals surface area contributed by atoms with E-state index in [1.54, 1.807) is 0 Å². The molecule has 1 aromatic rings. The fourth-order valence-electron chi connectivity index (χ4n) is 2.61. The number of nitrogens with zero attached hydrogens (tertiary/aromatic N) is 1. The zero-order chi connectivity index (χ0) is 23.9. The Hall–Kier alpha value is -2.40. The third-order valence-corrected chi connectivity index (χ3v) is 4.81. The lowest BCUT2D eigenvalue weighted by Gasteiger charge is -2.36. The number of piperazine rings is 1. The van der Waals surface area contributed by atoms with Crippen molar-refractivity contribution in [3.8, 4) is 0 Å². The minimum absolute atomic E-state index is 0.0122. The molecule has 1 aliphatic heterocycles. The summed E-state index contributed by atoms with van der Waals surface area (Å²) in [5.41, 5.74) is 1.35. The molecule has 31 heavy (non-hydrogen) atoms. The van der Waals surface area contributed by atoms with E-state index in [1.165, 1.54) is 0 Å². The fourth-order valence-corrected chi connectivity index (χ4v) is 2.89. The molecule has 0 unspecified atom stereocenters. The predicted octanol–water partition coefficient (Wildman–Crippen LogP) is 1.00. The highest BCUT2D eigenvalue weighted by molar-refractivity contribution is 6.33. The minimum Gasteiger partial charge on any atom is -0.479 e. The van der Waals surface area contributed by atoms with Gasteiger partial charge in [-0.3, -0.25) is 4.79 Å². The maximum absolute atomic E-state index is 12.0. The van der Waals surface area contributed by atoms with Crippen molar-refractivity contribution in [1.82, 2.24) is 5.32 Å². The summed E-state index contributed by atoms with van der Waals surface area (Å²) < 4.78 is 0. The molecule has 0 radical (unpaired) electrons. The monoisotopic (exact) mass is 459 g/mol. The first-order valence-electron chi connectivity index (χ1n) is 9.65. The van der Waals surface area contributed by atoms with Gasteiger partial charge in [0, 0.05) is 36.8 Å². The number of aliphatic hydroxyl groups is 2. The van der Waals surface area contributed by atoms with Gasteiger partial charge in [0.15, 0.2) is 12.2 Å². The van der Waals surface area contributed by atoms with Crippen LogP contribution >= 0.6 is 11.6 Å². The number of halogens is 1. The quantitative estimate of drug-likeness (QED) is 0.377. The highest BCUT2D eigenvalue weighted by Crippen LogP contribution is 2.31. The van der Waals surface area contributed by atoms with E-state index in [4.69, 9.17) is 32.0 Å². The van der Waals surface area contributed by atoms with Crippen LogP contribution in [0.5, 0.6) is 0 Å². The van der Waals surface area contributed by atoms with E-state index in [0.717, 1.165) is 31.0 Å². The molecule has 1 saturated heterocycles. The van der Waals surface area contributed by atoms with Crippen molar-refractivity contribution in [3.05, 3.63) is 23.2 Å². The number of hydrogen-bond acceptors (Lipinski definition) is 7. The van der Waals surface area contributed by atoms with Crippen LogP contribution in [0.15, 0.2) is 18.2 Å². The average molecular weight is 460 g/mol. The molecule has 174 valence electrons. The van der Waals surface area contributed by atoms with Crippen LogP contribution in [0.4, 0.5) is 11.4 Å². The Morgan fingerprint density at radius 3 is 2.13 bits per heavy atom. The molecule has 1 fully saturated rings. The van der Waals surface area contributed by atoms with E-state index < -0.39 is 29.6 Å². The summed E-state index contributed by atoms with van der Waals surface area (Å²) >= 11 is 6.41. The van der Waals surface area contributed by atoms with Crippen LogP contribution in [0.1, 0.15) is 27.7 Å². The molecule has 3 atom stereocenters. The van der Waals surface area contributed by atoms with Gasteiger partial charge in [-0.2, -0.15) is 0 Å². The second-order valence-electron chi connectivity index (χ2n) is 8.18. The number of anilines is 2. The van der Waals surface area contributed by atoms with E-state index >= 15 is 0 Å². The lowest BCUT2D eigenvalue weighted by molar-refractivity contribution is -0.165. The van der Waals surface area contributed by atoms with Gasteiger partial charge in [0.05, 0.1) is 10.7 Å². The van der Waals surface area contributed by atoms with Gasteiger partial charge in [0.2, 0.25) is 5.91 Å². The largest absolute Gasteiger partial charge is 0.479 e. The summed E-state index contributed by atoms with van der Waals surface area (Å²) in [7, 11) is 0. The van der Waals surface area contributed by atoms with Crippen molar-refractivity contribution in [2.45, 2.75) is 45.9 Å². The molecule has 0 bridgehead atoms. The number of aliphatic hydroxyl groups excluding tert-OH is 2. The number of aliphatic carboxylic acids is 2. The summed E-state index contributed by atoms with van der Waals surface area (Å²) in [6, 6.07) is 6.14. The Balaban J connectivity index is 0.000000407. The molecule has 0 saturated carbocycles. The molecule has 0 aliphatic carbocycles. The third kappa shape index (κ3) is 7.98. The third-order valence-electron chi connectivity index (χ3n) is 4.50. The van der Waals surface area contributed by atoms with E-state index in [2.05, 4.69) is 22.5 Å². The van der Waals surface area contributed by atoms with Crippen molar-refractivity contribution in [3.63, 3.8) is 0 Å². The van der Waals surface area contributed by atoms with Crippen molar-refractivity contribution in [2.75, 3.05) is 29.9 Å². The lowest BCUT2D eigenvalue weighted by atomic mass is 9.95. The second kappa shape index (κ2) is 11.3. The summed E-state index contributed by atoms with van der Waals surface area (Å²) in [6.07, 6.45) is -4.53. The van der Waals surface area contributed by atoms with Crippen molar-refractivity contribution in [1.29, 1.82) is 0 Å². The molecular weight excluding hydrogens is 430 g/mol. The van der Waals surface area contributed by atoms with Gasteiger partial charge in [-0.25, -0.2) is 9.59 Å². The van der Waals surface area contributed by atoms with Crippen LogP contribution in [-0.2, 0) is 14.4 Å². The molecule has 10 nitrogen and oxygen atoms in total. The summed E-state index contributed by atoms with van der Waals surface area (Å²) in [5, 5.41) is 39.5. The normalized spacial score (nSPS) is 18.3. The first kappa shape index (κ1) is 26.6. The Labute approximate surface area is 185 Å². The molecule has 1 heterocycles. The number of carboxylic acid groups (broad SMARTS) is 2. The van der Waals surface area contributed by atoms with Gasteiger partial charge in [-0.05, 0) is 25.1 Å². The van der Waals surface area contributed by atoms with Crippen LogP contribution in [0.3, 0.4) is 0 Å². The maximum Gasteiger partial charge on any atom is 0.335 e. The Morgan fingerprint density at radius 2 is 1.71 bits per heavy atom. The van der Waals surface area contributed by atoms with Gasteiger partial charge in [0.25, 0.3) is 0 Å². The number of carboxylic acids is 2. The predicted molar refractivity (Wildman–Crippen MR) is 116 cm³/mol. The first-order valence-corrected chi connectivity index (χ1v) is 10.0. The van der Waals surface area contributed by atoms with Gasteiger partial charge < -0.3 is 36.0 Å². The van der Waals surface area contributed by atoms with E-state index in [1.807, 2.05) is 39.0 Å². The van der Waals surface area contributed by atoms with Crippen molar-refractivity contribution >= 4 is 40.8 Å². The van der Waals surface area contributed by atoms with Crippen molar-refractivity contribution in [2.24, 2.45) is 5.41 Å². The van der Waals surface area contributed by atoms with E-state index in [-0.39, 0.29) is 5.91 Å². The maximum atomic E-state index is 12.0. The molecule has 11 heteroatoms. The molecule has 0 spiro atoms. The van der Waals surface area contributed by atoms with Crippen LogP contribution in [-0.4, -0.2) is 76.2 Å². The summed E-state index contributed by atoms with van der Waals surface area (Å²) in [6.45, 7) is 10.7. The molecule has 0 aromatic heterocycles. The minimum atomic E-state index is -2.27. The van der Waals surface area contributed by atoms with Crippen molar-refractivity contribution < 1.29 is 34.8 Å². The zero-order valence-electron chi connectivity index (χ0n) is 17.9. The highest BCUT2D eigenvalue weighted by Gasteiger charge is 2.29. The second-order valence-corrected chi connectivity index (χ2v) is 8.59. The van der Waals surface area contributed by atoms with Gasteiger partial charge >= 0.3 is 11.9 Å². The SMILES string of the molecule is C[C@@H]1CNCCN1c1ccc(NC(=O)C(C)(C)C)cc1Cl.O=C(O)[C@@H](O)[C@H](O)C(=O)O. The number of hydrogen-bond donors (Lipinski definition) is 6. The standard InChI is InChI=1S/C16H24ClN3O.C4H6O6/c1-11-10-18-7-8-20(11)14-6-5-12(9-13(14)17)19-15(21)16(2,3)4;5-1(3(7)8)2(6)4(9)10/h5-6,9,11,18H,7-8,10H2,1-4H3,(H,19,21);1-2,5-6H,(H,7,8)(H,9,10)/t11-;1-,2-/m10/s1. The van der Waals surface area contributed by atoms with E-state index in [9.17, 15) is 14.4 Å². The van der Waals surface area contributed by atoms with Crippen LogP contribution in [0, 0.1) is 5.41 Å². The fraction of sp³-hybridized carbons (Fsp3) is 0.550. The number of carbonyl (C=O) groups is 3. The molecule has 1 aliphatic rings. The van der Waals surface area contributed by atoms with Gasteiger partial charge in [0.1, 0.15) is 0 Å². The summed E-state index contributed by atoms with van der Waals surface area (Å²) in [5.74, 6) is -3.55. The Kier molecular flexibility index (Phi) is 9.70. The molecule has 1 aromatic carbocycles. The number of benzene rings is 1. The number of carbonyl (C=O) groups excluding carboxylic acids is 1. The number of rotatable bonds is 5. The topological polar surface area (TPSA) is 159 Å². The number of amides is 1. The Morgan fingerprint density at radius 1 is 1.16 bits per heavy atom. The van der Waals surface area contributed by atoms with Gasteiger partial charge in [-0.15, -0.1) is 0 Å². The lowest BCUT2D eigenvalue weighted by Crippen LogP contribution is -2.50. The number of nitrogens with one attached hydrogen (secondary N) is 2. The molecule has 6 N–H and O–H groups in total. The van der Waals surface area contributed by atoms with Gasteiger partial charge in [-0.1, -0.05) is 32.4 Å². The highest BCUT2D eigenvalue weighted by atomic mass is 35.5. The average Bonchev–Trinajstić information content (AvgIpc) is 2.67. The molecule has 2 rings (SSSR count). The van der Waals surface area contributed by atoms with Crippen LogP contribution in [0.2, 0.25) is 5.02 Å². The van der Waals surface area contributed by atoms with Crippen LogP contribution < -0.4 is 15.5 Å². The molecule has 1 amide bonds. The zero-order valence-corrected chi connectivity index (χ0v) is 18.7. The molecular formula is C20H30ClN3O7.